The van der Waals surface area contributed by atoms with Gasteiger partial charge < -0.3 is 20.5 Å². The summed E-state index contributed by atoms with van der Waals surface area (Å²) >= 11 is 0. The summed E-state index contributed by atoms with van der Waals surface area (Å²) in [6.07, 6.45) is 3.58. The molecule has 0 spiro atoms. The Morgan fingerprint density at radius 3 is 2.11 bits per heavy atom. The minimum absolute atomic E-state index is 0.0254. The lowest BCUT2D eigenvalue weighted by Gasteiger charge is -2.38. The summed E-state index contributed by atoms with van der Waals surface area (Å²) < 4.78 is 5.49. The first-order chi connectivity index (χ1) is 17.0. The topological polar surface area (TPSA) is 131 Å². The lowest BCUT2D eigenvalue weighted by atomic mass is 9.76. The van der Waals surface area contributed by atoms with Crippen LogP contribution in [0, 0.1) is 0 Å². The molecule has 1 heterocycles. The van der Waals surface area contributed by atoms with Gasteiger partial charge in [0, 0.05) is 18.3 Å². The van der Waals surface area contributed by atoms with Crippen molar-refractivity contribution in [3.8, 4) is 11.1 Å². The van der Waals surface area contributed by atoms with Crippen LogP contribution in [-0.4, -0.2) is 45.2 Å². The number of carboxylic acid groups (broad SMARTS) is 1. The molecular weight excluding hydrogens is 448 g/mol. The second-order valence-electron chi connectivity index (χ2n) is 8.76. The van der Waals surface area contributed by atoms with Gasteiger partial charge in [-0.15, -0.1) is 0 Å². The molecule has 0 atom stereocenters. The van der Waals surface area contributed by atoms with E-state index in [0.29, 0.717) is 18.7 Å². The molecule has 0 unspecified atom stereocenters. The number of carbonyl (C=O) groups excluding carboxylic acids is 2. The second kappa shape index (κ2) is 9.17. The van der Waals surface area contributed by atoms with Crippen molar-refractivity contribution in [3.05, 3.63) is 83.4 Å². The minimum atomic E-state index is -1.21. The van der Waals surface area contributed by atoms with Crippen molar-refractivity contribution in [3.63, 3.8) is 0 Å². The maximum Gasteiger partial charge on any atom is 0.407 e. The van der Waals surface area contributed by atoms with Gasteiger partial charge in [-0.1, -0.05) is 48.5 Å². The molecule has 1 fully saturated rings. The Bertz CT molecular complexity index is 1240. The number of hydrogen-bond donors (Lipinski definition) is 3. The molecule has 2 aliphatic carbocycles. The highest BCUT2D eigenvalue weighted by atomic mass is 16.5. The van der Waals surface area contributed by atoms with Gasteiger partial charge in [-0.05, 0) is 41.5 Å². The Hall–Kier alpha value is -4.27. The summed E-state index contributed by atoms with van der Waals surface area (Å²) in [5, 5.41) is 14.5. The molecule has 0 aliphatic heterocycles. The zero-order valence-electron chi connectivity index (χ0n) is 18.9. The summed E-state index contributed by atoms with van der Waals surface area (Å²) in [6.45, 7) is 0.225. The summed E-state index contributed by atoms with van der Waals surface area (Å²) in [5.74, 6) is -1.32. The smallest absolute Gasteiger partial charge is 0.407 e. The van der Waals surface area contributed by atoms with Crippen LogP contribution in [0.25, 0.3) is 11.1 Å². The van der Waals surface area contributed by atoms with Crippen LogP contribution in [0.1, 0.15) is 52.5 Å². The molecule has 2 aromatic carbocycles. The number of ether oxygens (including phenoxy) is 1. The summed E-state index contributed by atoms with van der Waals surface area (Å²) in [7, 11) is 0. The van der Waals surface area contributed by atoms with Crippen molar-refractivity contribution in [2.45, 2.75) is 37.3 Å². The van der Waals surface area contributed by atoms with Crippen LogP contribution in [0.5, 0.6) is 0 Å². The van der Waals surface area contributed by atoms with E-state index < -0.39 is 23.5 Å². The number of aliphatic carboxylic acids is 1. The molecule has 35 heavy (non-hydrogen) atoms. The third-order valence-electron chi connectivity index (χ3n) is 6.67. The minimum Gasteiger partial charge on any atom is -0.480 e. The molecule has 178 valence electrons. The van der Waals surface area contributed by atoms with Crippen LogP contribution >= 0.6 is 0 Å². The largest absolute Gasteiger partial charge is 0.480 e. The van der Waals surface area contributed by atoms with E-state index in [4.69, 9.17) is 4.74 Å². The van der Waals surface area contributed by atoms with E-state index in [2.05, 4.69) is 44.9 Å². The standard InChI is InChI=1S/C26H24N4O5/c31-23(30-26(24(32)33)10-5-11-26)16-12-27-22(28-13-16)14-29-25(34)35-15-21-19-8-3-1-6-17(19)18-7-2-4-9-20(18)21/h1-4,6-9,12-13,21H,5,10-11,14-15H2,(H,29,34)(H,30,31)(H,32,33). The highest BCUT2D eigenvalue weighted by Gasteiger charge is 2.45. The van der Waals surface area contributed by atoms with Crippen molar-refractivity contribution in [2.75, 3.05) is 6.61 Å². The number of nitrogens with zero attached hydrogens (tertiary/aromatic N) is 2. The molecule has 9 heteroatoms. The van der Waals surface area contributed by atoms with Crippen molar-refractivity contribution < 1.29 is 24.2 Å². The summed E-state index contributed by atoms with van der Waals surface area (Å²) in [4.78, 5) is 44.3. The maximum atomic E-state index is 12.4. The van der Waals surface area contributed by atoms with E-state index >= 15 is 0 Å². The van der Waals surface area contributed by atoms with Gasteiger partial charge in [-0.2, -0.15) is 0 Å². The highest BCUT2D eigenvalue weighted by Crippen LogP contribution is 2.44. The number of aromatic nitrogens is 2. The molecule has 3 aromatic rings. The number of rotatable bonds is 7. The van der Waals surface area contributed by atoms with Crippen LogP contribution in [0.3, 0.4) is 0 Å². The second-order valence-corrected chi connectivity index (χ2v) is 8.76. The molecule has 9 nitrogen and oxygen atoms in total. The Morgan fingerprint density at radius 1 is 0.971 bits per heavy atom. The maximum absolute atomic E-state index is 12.4. The number of hydrogen-bond acceptors (Lipinski definition) is 6. The van der Waals surface area contributed by atoms with Crippen LogP contribution in [0.4, 0.5) is 4.79 Å². The third-order valence-corrected chi connectivity index (χ3v) is 6.67. The van der Waals surface area contributed by atoms with Crippen molar-refractivity contribution in [1.82, 2.24) is 20.6 Å². The number of carboxylic acids is 1. The molecule has 1 aromatic heterocycles. The van der Waals surface area contributed by atoms with Gasteiger partial charge in [0.1, 0.15) is 18.0 Å². The fourth-order valence-corrected chi connectivity index (χ4v) is 4.58. The van der Waals surface area contributed by atoms with Crippen molar-refractivity contribution in [2.24, 2.45) is 0 Å². The van der Waals surface area contributed by atoms with Crippen LogP contribution in [-0.2, 0) is 16.1 Å². The lowest BCUT2D eigenvalue weighted by Crippen LogP contribution is -2.59. The van der Waals surface area contributed by atoms with Crippen LogP contribution < -0.4 is 10.6 Å². The predicted octanol–water partition coefficient (Wildman–Crippen LogP) is 3.25. The number of carbonyl (C=O) groups is 3. The fourth-order valence-electron chi connectivity index (χ4n) is 4.58. The Balaban J connectivity index is 1.14. The van der Waals surface area contributed by atoms with Gasteiger partial charge in [0.25, 0.3) is 5.91 Å². The van der Waals surface area contributed by atoms with Crippen LogP contribution in [0.2, 0.25) is 0 Å². The Morgan fingerprint density at radius 2 is 1.57 bits per heavy atom. The number of fused-ring (bicyclic) bond motifs is 3. The molecule has 2 aliphatic rings. The van der Waals surface area contributed by atoms with E-state index in [9.17, 15) is 19.5 Å². The quantitative estimate of drug-likeness (QED) is 0.481. The average Bonchev–Trinajstić information content (AvgIpc) is 3.17. The van der Waals surface area contributed by atoms with Gasteiger partial charge in [0.2, 0.25) is 0 Å². The summed E-state index contributed by atoms with van der Waals surface area (Å²) in [5.41, 5.74) is 3.52. The normalized spacial score (nSPS) is 15.3. The SMILES string of the molecule is O=C(NCc1ncc(C(=O)NC2(C(=O)O)CCC2)cn1)OCC1c2ccccc2-c2ccccc21. The van der Waals surface area contributed by atoms with Crippen molar-refractivity contribution >= 4 is 18.0 Å². The zero-order valence-corrected chi connectivity index (χ0v) is 18.9. The molecule has 1 saturated carbocycles. The zero-order chi connectivity index (χ0) is 24.4. The van der Waals surface area contributed by atoms with Crippen LogP contribution in [0.15, 0.2) is 60.9 Å². The Labute approximate surface area is 201 Å². The Kier molecular flexibility index (Phi) is 5.90. The molecular formula is C26H24N4O5. The van der Waals surface area contributed by atoms with E-state index in [0.717, 1.165) is 28.7 Å². The first-order valence-electron chi connectivity index (χ1n) is 11.4. The fraction of sp³-hybridized carbons (Fsp3) is 0.269. The van der Waals surface area contributed by atoms with Gasteiger partial charge >= 0.3 is 12.1 Å². The van der Waals surface area contributed by atoms with E-state index in [1.54, 1.807) is 0 Å². The summed E-state index contributed by atoms with van der Waals surface area (Å²) in [6, 6.07) is 16.2. The van der Waals surface area contributed by atoms with E-state index in [-0.39, 0.29) is 24.6 Å². The average molecular weight is 473 g/mol. The first-order valence-corrected chi connectivity index (χ1v) is 11.4. The van der Waals surface area contributed by atoms with Crippen molar-refractivity contribution in [1.29, 1.82) is 0 Å². The number of amides is 2. The monoisotopic (exact) mass is 472 g/mol. The third kappa shape index (κ3) is 4.32. The predicted molar refractivity (Wildman–Crippen MR) is 126 cm³/mol. The van der Waals surface area contributed by atoms with Gasteiger partial charge in [0.15, 0.2) is 0 Å². The van der Waals surface area contributed by atoms with E-state index in [1.165, 1.54) is 12.4 Å². The lowest BCUT2D eigenvalue weighted by molar-refractivity contribution is -0.148. The molecule has 0 radical (unpaired) electrons. The molecule has 3 N–H and O–H groups in total. The van der Waals surface area contributed by atoms with Gasteiger partial charge in [-0.25, -0.2) is 19.6 Å². The van der Waals surface area contributed by atoms with E-state index in [1.807, 2.05) is 24.3 Å². The highest BCUT2D eigenvalue weighted by molar-refractivity contribution is 5.97. The number of benzene rings is 2. The molecule has 0 saturated heterocycles. The van der Waals surface area contributed by atoms with Gasteiger partial charge in [0.05, 0.1) is 12.1 Å². The van der Waals surface area contributed by atoms with Gasteiger partial charge in [-0.3, -0.25) is 4.79 Å². The molecule has 0 bridgehead atoms. The molecule has 5 rings (SSSR count). The first kappa shape index (κ1) is 22.5. The number of alkyl carbamates (subject to hydrolysis) is 1. The number of nitrogens with one attached hydrogen (secondary N) is 2. The molecule has 2 amide bonds.